The van der Waals surface area contributed by atoms with Crippen LogP contribution in [0.2, 0.25) is 0 Å². The maximum atomic E-state index is 13.1. The van der Waals surface area contributed by atoms with E-state index >= 15 is 0 Å². The molecule has 0 heterocycles. The molecule has 11 heavy (non-hydrogen) atoms. The quantitative estimate of drug-likeness (QED) is 0.456. The Balaban J connectivity index is 3.46. The molecule has 0 aliphatic carbocycles. The number of hydrogen-bond donors (Lipinski definition) is 0. The van der Waals surface area contributed by atoms with Crippen LogP contribution in [0, 0.1) is 16.3 Å². The summed E-state index contributed by atoms with van der Waals surface area (Å²) in [6, 6.07) is 1.71. The number of halogens is 4. The molecule has 0 radical (unpaired) electrons. The van der Waals surface area contributed by atoms with Crippen LogP contribution in [-0.4, -0.2) is 0 Å². The molecule has 4 heteroatoms. The summed E-state index contributed by atoms with van der Waals surface area (Å²) in [7, 11) is 0. The van der Waals surface area contributed by atoms with Crippen molar-refractivity contribution >= 4 is 54.5 Å². The minimum Gasteiger partial charge on any atom is -0.205 e. The standard InChI is InChI=1S/C7H4Br2FI/c1-3-6(10)4(8)2-5(9)7(3)11/h2H,1H3. The van der Waals surface area contributed by atoms with E-state index in [2.05, 4.69) is 54.5 Å². The third kappa shape index (κ3) is 1.95. The van der Waals surface area contributed by atoms with Gasteiger partial charge in [0.05, 0.1) is 4.47 Å². The van der Waals surface area contributed by atoms with E-state index in [1.807, 2.05) is 0 Å². The molecule has 1 rings (SSSR count). The molecule has 0 saturated heterocycles. The minimum absolute atomic E-state index is 0.183. The molecule has 0 amide bonds. The summed E-state index contributed by atoms with van der Waals surface area (Å²) in [4.78, 5) is 0. The fraction of sp³-hybridized carbons (Fsp3) is 0.143. The van der Waals surface area contributed by atoms with E-state index in [0.29, 0.717) is 10.0 Å². The smallest absolute Gasteiger partial charge is 0.141 e. The lowest BCUT2D eigenvalue weighted by Gasteiger charge is -2.03. The van der Waals surface area contributed by atoms with Gasteiger partial charge in [0.1, 0.15) is 5.82 Å². The minimum atomic E-state index is -0.183. The zero-order chi connectivity index (χ0) is 8.59. The Morgan fingerprint density at radius 1 is 1.36 bits per heavy atom. The van der Waals surface area contributed by atoms with E-state index in [-0.39, 0.29) is 5.82 Å². The van der Waals surface area contributed by atoms with E-state index in [4.69, 9.17) is 0 Å². The fourth-order valence-corrected chi connectivity index (χ4v) is 2.44. The van der Waals surface area contributed by atoms with Gasteiger partial charge in [-0.1, -0.05) is 0 Å². The molecule has 0 N–H and O–H groups in total. The van der Waals surface area contributed by atoms with Crippen LogP contribution < -0.4 is 0 Å². The highest BCUT2D eigenvalue weighted by atomic mass is 127. The molecule has 0 saturated carbocycles. The highest BCUT2D eigenvalue weighted by molar-refractivity contribution is 14.1. The van der Waals surface area contributed by atoms with Gasteiger partial charge in [-0.3, -0.25) is 0 Å². The summed E-state index contributed by atoms with van der Waals surface area (Å²) >= 11 is 8.55. The van der Waals surface area contributed by atoms with Gasteiger partial charge in [0, 0.05) is 13.6 Å². The van der Waals surface area contributed by atoms with Gasteiger partial charge in [-0.15, -0.1) is 0 Å². The first-order valence-corrected chi connectivity index (χ1v) is 5.50. The predicted octanol–water partition coefficient (Wildman–Crippen LogP) is 4.26. The second-order valence-corrected chi connectivity index (χ2v) is 4.88. The molecule has 0 atom stereocenters. The normalized spacial score (nSPS) is 10.3. The van der Waals surface area contributed by atoms with E-state index in [9.17, 15) is 4.39 Å². The SMILES string of the molecule is Cc1c(F)c(Br)cc(Br)c1I. The van der Waals surface area contributed by atoms with Gasteiger partial charge in [-0.05, 0) is 67.4 Å². The van der Waals surface area contributed by atoms with Crippen molar-refractivity contribution in [2.24, 2.45) is 0 Å². The Labute approximate surface area is 95.0 Å². The van der Waals surface area contributed by atoms with Crippen molar-refractivity contribution < 1.29 is 4.39 Å². The van der Waals surface area contributed by atoms with Crippen LogP contribution in [0.1, 0.15) is 5.56 Å². The second kappa shape index (κ2) is 3.70. The maximum absolute atomic E-state index is 13.1. The first kappa shape index (κ1) is 9.92. The molecule has 0 unspecified atom stereocenters. The molecular weight excluding hydrogens is 390 g/mol. The Bertz CT molecular complexity index is 273. The van der Waals surface area contributed by atoms with Crippen molar-refractivity contribution in [3.05, 3.63) is 30.0 Å². The van der Waals surface area contributed by atoms with Gasteiger partial charge < -0.3 is 0 Å². The van der Waals surface area contributed by atoms with Crippen molar-refractivity contribution in [2.75, 3.05) is 0 Å². The Kier molecular flexibility index (Phi) is 3.34. The molecule has 0 nitrogen and oxygen atoms in total. The first-order valence-electron chi connectivity index (χ1n) is 2.83. The summed E-state index contributed by atoms with van der Waals surface area (Å²) in [5.41, 5.74) is 0.673. The van der Waals surface area contributed by atoms with Crippen molar-refractivity contribution in [1.82, 2.24) is 0 Å². The lowest BCUT2D eigenvalue weighted by Crippen LogP contribution is -1.89. The third-order valence-corrected chi connectivity index (χ3v) is 4.67. The van der Waals surface area contributed by atoms with E-state index < -0.39 is 0 Å². The van der Waals surface area contributed by atoms with Crippen LogP contribution in [0.4, 0.5) is 4.39 Å². The van der Waals surface area contributed by atoms with Gasteiger partial charge in [0.15, 0.2) is 0 Å². The average Bonchev–Trinajstić information content (AvgIpc) is 1.97. The summed E-state index contributed by atoms with van der Waals surface area (Å²) in [5, 5.41) is 0. The summed E-state index contributed by atoms with van der Waals surface area (Å²) in [5.74, 6) is -0.183. The molecule has 0 aromatic heterocycles. The fourth-order valence-electron chi connectivity index (χ4n) is 0.693. The van der Waals surface area contributed by atoms with Crippen LogP contribution >= 0.6 is 54.5 Å². The number of hydrogen-bond acceptors (Lipinski definition) is 0. The average molecular weight is 394 g/mol. The zero-order valence-electron chi connectivity index (χ0n) is 5.59. The molecule has 0 aliphatic heterocycles. The van der Waals surface area contributed by atoms with Crippen LogP contribution in [0.25, 0.3) is 0 Å². The van der Waals surface area contributed by atoms with Crippen molar-refractivity contribution in [3.63, 3.8) is 0 Å². The van der Waals surface area contributed by atoms with E-state index in [1.54, 1.807) is 13.0 Å². The van der Waals surface area contributed by atoms with Crippen molar-refractivity contribution in [3.8, 4) is 0 Å². The monoisotopic (exact) mass is 392 g/mol. The lowest BCUT2D eigenvalue weighted by molar-refractivity contribution is 0.610. The molecule has 60 valence electrons. The van der Waals surface area contributed by atoms with E-state index in [1.165, 1.54) is 0 Å². The topological polar surface area (TPSA) is 0 Å². The highest BCUT2D eigenvalue weighted by Gasteiger charge is 2.09. The molecule has 0 fully saturated rings. The molecular formula is C7H4Br2FI. The Morgan fingerprint density at radius 2 is 1.91 bits per heavy atom. The lowest BCUT2D eigenvalue weighted by atomic mass is 10.2. The summed E-state index contributed by atoms with van der Waals surface area (Å²) in [6.45, 7) is 1.76. The molecule has 1 aromatic rings. The Hall–Kier alpha value is 0.840. The zero-order valence-corrected chi connectivity index (χ0v) is 10.9. The van der Waals surface area contributed by atoms with E-state index in [0.717, 1.165) is 8.04 Å². The molecule has 0 spiro atoms. The third-order valence-electron chi connectivity index (χ3n) is 1.33. The van der Waals surface area contributed by atoms with Crippen LogP contribution in [-0.2, 0) is 0 Å². The van der Waals surface area contributed by atoms with Gasteiger partial charge >= 0.3 is 0 Å². The second-order valence-electron chi connectivity index (χ2n) is 2.09. The highest BCUT2D eigenvalue weighted by Crippen LogP contribution is 2.29. The van der Waals surface area contributed by atoms with Crippen LogP contribution in [0.15, 0.2) is 15.0 Å². The Morgan fingerprint density at radius 3 is 2.45 bits per heavy atom. The van der Waals surface area contributed by atoms with Crippen molar-refractivity contribution in [2.45, 2.75) is 6.92 Å². The summed E-state index contributed by atoms with van der Waals surface area (Å²) in [6.07, 6.45) is 0. The molecule has 0 bridgehead atoms. The molecule has 0 aliphatic rings. The van der Waals surface area contributed by atoms with Crippen LogP contribution in [0.5, 0.6) is 0 Å². The van der Waals surface area contributed by atoms with Crippen molar-refractivity contribution in [1.29, 1.82) is 0 Å². The number of rotatable bonds is 0. The first-order chi connectivity index (χ1) is 5.04. The maximum Gasteiger partial charge on any atom is 0.141 e. The van der Waals surface area contributed by atoms with Gasteiger partial charge in [0.25, 0.3) is 0 Å². The van der Waals surface area contributed by atoms with Crippen LogP contribution in [0.3, 0.4) is 0 Å². The largest absolute Gasteiger partial charge is 0.205 e. The predicted molar refractivity (Wildman–Crippen MR) is 59.3 cm³/mol. The number of benzene rings is 1. The van der Waals surface area contributed by atoms with Gasteiger partial charge in [0.2, 0.25) is 0 Å². The summed E-state index contributed by atoms with van der Waals surface area (Å²) < 4.78 is 15.4. The van der Waals surface area contributed by atoms with Gasteiger partial charge in [-0.2, -0.15) is 0 Å². The molecule has 1 aromatic carbocycles. The van der Waals surface area contributed by atoms with Gasteiger partial charge in [-0.25, -0.2) is 4.39 Å².